The zero-order chi connectivity index (χ0) is 33.3. The van der Waals surface area contributed by atoms with Gasteiger partial charge in [-0.3, -0.25) is 24.5 Å². The minimum atomic E-state index is -0.520. The molecule has 0 aliphatic heterocycles. The van der Waals surface area contributed by atoms with Crippen LogP contribution in [0, 0.1) is 17.0 Å². The van der Waals surface area contributed by atoms with Crippen molar-refractivity contribution in [2.24, 2.45) is 0 Å². The minimum absolute atomic E-state index is 0.0417. The van der Waals surface area contributed by atoms with Crippen LogP contribution in [0.3, 0.4) is 0 Å². The van der Waals surface area contributed by atoms with Crippen molar-refractivity contribution in [2.45, 2.75) is 24.0 Å². The van der Waals surface area contributed by atoms with Crippen molar-refractivity contribution in [3.8, 4) is 11.3 Å². The van der Waals surface area contributed by atoms with Gasteiger partial charge in [-0.1, -0.05) is 66.2 Å². The molecule has 1 heterocycles. The van der Waals surface area contributed by atoms with E-state index < -0.39 is 22.0 Å². The molecule has 0 spiro atoms. The zero-order valence-corrected chi connectivity index (χ0v) is 26.9. The maximum Gasteiger partial charge on any atom is 0.272 e. The summed E-state index contributed by atoms with van der Waals surface area (Å²) >= 11 is 2.52. The van der Waals surface area contributed by atoms with Gasteiger partial charge in [-0.15, -0.1) is 23.1 Å². The number of aryl methyl sites for hydroxylation is 1. The van der Waals surface area contributed by atoms with Gasteiger partial charge >= 0.3 is 0 Å². The number of carbonyl (C=O) groups is 3. The molecule has 1 aromatic heterocycles. The number of non-ortho nitro benzene ring substituents is 1. The van der Waals surface area contributed by atoms with E-state index in [4.69, 9.17) is 0 Å². The van der Waals surface area contributed by atoms with Crippen LogP contribution in [0.2, 0.25) is 0 Å². The van der Waals surface area contributed by atoms with E-state index in [0.717, 1.165) is 16.0 Å². The Morgan fingerprint density at radius 1 is 0.915 bits per heavy atom. The highest BCUT2D eigenvalue weighted by Crippen LogP contribution is 2.30. The van der Waals surface area contributed by atoms with E-state index in [1.807, 2.05) is 37.3 Å². The van der Waals surface area contributed by atoms with Crippen molar-refractivity contribution in [1.29, 1.82) is 0 Å². The first-order valence-corrected chi connectivity index (χ1v) is 16.1. The topological polar surface area (TPSA) is 143 Å². The summed E-state index contributed by atoms with van der Waals surface area (Å²) in [6.45, 7) is 3.72. The average molecular weight is 664 g/mol. The van der Waals surface area contributed by atoms with Gasteiger partial charge in [-0.05, 0) is 55.8 Å². The number of nitro benzene ring substituents is 1. The lowest BCUT2D eigenvalue weighted by atomic mass is 10.1. The Kier molecular flexibility index (Phi) is 10.6. The fourth-order valence-electron chi connectivity index (χ4n) is 4.32. The Labute approximate surface area is 279 Å². The van der Waals surface area contributed by atoms with Crippen molar-refractivity contribution in [1.82, 2.24) is 10.3 Å². The summed E-state index contributed by atoms with van der Waals surface area (Å²) in [5.74, 6) is -1.21. The van der Waals surface area contributed by atoms with Gasteiger partial charge in [-0.2, -0.15) is 0 Å². The van der Waals surface area contributed by atoms with Crippen LogP contribution in [-0.4, -0.2) is 32.9 Å². The summed E-state index contributed by atoms with van der Waals surface area (Å²) in [5.41, 5.74) is 3.84. The first-order valence-electron chi connectivity index (χ1n) is 14.4. The Hall–Kier alpha value is -5.59. The van der Waals surface area contributed by atoms with Gasteiger partial charge in [-0.25, -0.2) is 4.98 Å². The van der Waals surface area contributed by atoms with Gasteiger partial charge in [0, 0.05) is 39.2 Å². The molecule has 236 valence electrons. The predicted molar refractivity (Wildman–Crippen MR) is 186 cm³/mol. The van der Waals surface area contributed by atoms with Crippen LogP contribution in [0.15, 0.2) is 119 Å². The fraction of sp³-hybridized carbons (Fsp3) is 0.0857. The van der Waals surface area contributed by atoms with Crippen molar-refractivity contribution in [3.63, 3.8) is 0 Å². The highest BCUT2D eigenvalue weighted by molar-refractivity contribution is 8.00. The number of thiazole rings is 1. The molecule has 0 aliphatic rings. The van der Waals surface area contributed by atoms with Crippen LogP contribution in [0.5, 0.6) is 0 Å². The fourth-order valence-corrected chi connectivity index (χ4v) is 5.97. The molecule has 4 aromatic carbocycles. The lowest BCUT2D eigenvalue weighted by Gasteiger charge is -2.14. The molecule has 1 atom stereocenters. The predicted octanol–water partition coefficient (Wildman–Crippen LogP) is 7.56. The molecule has 0 aliphatic carbocycles. The van der Waals surface area contributed by atoms with E-state index >= 15 is 0 Å². The summed E-state index contributed by atoms with van der Waals surface area (Å²) < 4.78 is 0. The van der Waals surface area contributed by atoms with Gasteiger partial charge in [0.2, 0.25) is 5.91 Å². The summed E-state index contributed by atoms with van der Waals surface area (Å²) in [4.78, 5) is 55.2. The Morgan fingerprint density at radius 2 is 1.66 bits per heavy atom. The highest BCUT2D eigenvalue weighted by Gasteiger charge is 2.19. The third-order valence-electron chi connectivity index (χ3n) is 6.78. The van der Waals surface area contributed by atoms with Crippen LogP contribution in [0.1, 0.15) is 28.4 Å². The van der Waals surface area contributed by atoms with Gasteiger partial charge in [0.1, 0.15) is 5.70 Å². The SMILES string of the molecule is Cc1ccc(/C=C(\NC(=O)c2ccccc2)C(=O)Nc2cccc(SC(C)C(=O)Nc3nc(-c4cccc([N+](=O)[O-])c4)cs3)c2)cc1. The van der Waals surface area contributed by atoms with E-state index in [-0.39, 0.29) is 17.3 Å². The summed E-state index contributed by atoms with van der Waals surface area (Å²) in [5, 5.41) is 21.1. The molecule has 3 amide bonds. The number of hydrogen-bond acceptors (Lipinski definition) is 8. The molecule has 0 bridgehead atoms. The normalized spacial score (nSPS) is 11.7. The van der Waals surface area contributed by atoms with Crippen LogP contribution >= 0.6 is 23.1 Å². The monoisotopic (exact) mass is 663 g/mol. The van der Waals surface area contributed by atoms with Gasteiger partial charge in [0.15, 0.2) is 5.13 Å². The average Bonchev–Trinajstić information content (AvgIpc) is 3.54. The van der Waals surface area contributed by atoms with Crippen molar-refractivity contribution >= 4 is 63.4 Å². The first-order chi connectivity index (χ1) is 22.6. The van der Waals surface area contributed by atoms with Crippen LogP contribution < -0.4 is 16.0 Å². The van der Waals surface area contributed by atoms with Gasteiger partial charge < -0.3 is 16.0 Å². The second-order valence-electron chi connectivity index (χ2n) is 10.4. The summed E-state index contributed by atoms with van der Waals surface area (Å²) in [6.07, 6.45) is 1.61. The molecule has 0 saturated heterocycles. The largest absolute Gasteiger partial charge is 0.321 e. The molecule has 5 rings (SSSR count). The number of benzene rings is 4. The van der Waals surface area contributed by atoms with Gasteiger partial charge in [0.05, 0.1) is 15.9 Å². The third kappa shape index (κ3) is 9.00. The number of aromatic nitrogens is 1. The van der Waals surface area contributed by atoms with Crippen LogP contribution in [0.4, 0.5) is 16.5 Å². The second-order valence-corrected chi connectivity index (χ2v) is 12.6. The number of anilines is 2. The number of thioether (sulfide) groups is 1. The highest BCUT2D eigenvalue weighted by atomic mass is 32.2. The quantitative estimate of drug-likeness (QED) is 0.0573. The van der Waals surface area contributed by atoms with Gasteiger partial charge in [0.25, 0.3) is 17.5 Å². The Balaban J connectivity index is 1.24. The van der Waals surface area contributed by atoms with Crippen molar-refractivity contribution in [2.75, 3.05) is 10.6 Å². The molecular weight excluding hydrogens is 635 g/mol. The molecule has 47 heavy (non-hydrogen) atoms. The van der Waals surface area contributed by atoms with E-state index in [9.17, 15) is 24.5 Å². The van der Waals surface area contributed by atoms with E-state index in [2.05, 4.69) is 20.9 Å². The Morgan fingerprint density at radius 3 is 2.40 bits per heavy atom. The van der Waals surface area contributed by atoms with Crippen molar-refractivity contribution < 1.29 is 19.3 Å². The number of nitro groups is 1. The summed E-state index contributed by atoms with van der Waals surface area (Å²) in [7, 11) is 0. The molecular formula is C35H29N5O5S2. The lowest BCUT2D eigenvalue weighted by molar-refractivity contribution is -0.384. The zero-order valence-electron chi connectivity index (χ0n) is 25.3. The molecule has 3 N–H and O–H groups in total. The molecule has 1 unspecified atom stereocenters. The van der Waals surface area contributed by atoms with E-state index in [1.165, 1.54) is 35.2 Å². The number of hydrogen-bond donors (Lipinski definition) is 3. The number of amides is 3. The maximum atomic E-state index is 13.4. The number of nitrogens with zero attached hydrogens (tertiary/aromatic N) is 2. The number of nitrogens with one attached hydrogen (secondary N) is 3. The third-order valence-corrected chi connectivity index (χ3v) is 8.63. The van der Waals surface area contributed by atoms with E-state index in [1.54, 1.807) is 79.0 Å². The molecule has 5 aromatic rings. The minimum Gasteiger partial charge on any atom is -0.321 e. The maximum absolute atomic E-state index is 13.4. The summed E-state index contributed by atoms with van der Waals surface area (Å²) in [6, 6.07) is 29.4. The standard InChI is InChI=1S/C35H29N5O5S2/c1-22-14-16-24(17-15-22)18-30(37-33(42)25-8-4-3-5-9-25)34(43)36-27-11-7-13-29(20-27)47-23(2)32(41)39-35-38-31(21-46-35)26-10-6-12-28(19-26)40(44)45/h3-21,23H,1-2H3,(H,36,43)(H,37,42)(H,38,39,41)/b30-18-. The van der Waals surface area contributed by atoms with Crippen LogP contribution in [0.25, 0.3) is 17.3 Å². The molecule has 0 radical (unpaired) electrons. The number of carbonyl (C=O) groups excluding carboxylic acids is 3. The smallest absolute Gasteiger partial charge is 0.272 e. The first kappa shape index (κ1) is 32.8. The van der Waals surface area contributed by atoms with Crippen LogP contribution in [-0.2, 0) is 9.59 Å². The second kappa shape index (κ2) is 15.1. The molecule has 12 heteroatoms. The molecule has 0 saturated carbocycles. The van der Waals surface area contributed by atoms with Crippen molar-refractivity contribution in [3.05, 3.63) is 141 Å². The molecule has 10 nitrogen and oxygen atoms in total. The Bertz CT molecular complexity index is 1960. The lowest BCUT2D eigenvalue weighted by Crippen LogP contribution is -2.30. The number of rotatable bonds is 11. The van der Waals surface area contributed by atoms with E-state index in [0.29, 0.717) is 27.6 Å². The molecule has 0 fully saturated rings.